The van der Waals surface area contributed by atoms with Crippen molar-refractivity contribution in [2.75, 3.05) is 13.7 Å². The van der Waals surface area contributed by atoms with Gasteiger partial charge in [0.2, 0.25) is 5.91 Å². The summed E-state index contributed by atoms with van der Waals surface area (Å²) in [6, 6.07) is 5.24. The van der Waals surface area contributed by atoms with Gasteiger partial charge in [-0.2, -0.15) is 0 Å². The average Bonchev–Trinajstić information content (AvgIpc) is 2.41. The van der Waals surface area contributed by atoms with Crippen LogP contribution in [0.4, 0.5) is 8.78 Å². The monoisotopic (exact) mass is 345 g/mol. The molecule has 0 aromatic heterocycles. The van der Waals surface area contributed by atoms with Crippen molar-refractivity contribution in [3.63, 3.8) is 0 Å². The van der Waals surface area contributed by atoms with Crippen molar-refractivity contribution in [2.45, 2.75) is 19.3 Å². The molecule has 0 fully saturated rings. The lowest BCUT2D eigenvalue weighted by Crippen LogP contribution is -2.35. The molecule has 1 aromatic carbocycles. The van der Waals surface area contributed by atoms with E-state index in [-0.39, 0.29) is 12.3 Å². The van der Waals surface area contributed by atoms with Gasteiger partial charge in [-0.15, -0.1) is 0 Å². The van der Waals surface area contributed by atoms with Crippen molar-refractivity contribution in [3.05, 3.63) is 34.3 Å². The van der Waals surface area contributed by atoms with Crippen LogP contribution in [0.3, 0.4) is 0 Å². The second-order valence-electron chi connectivity index (χ2n) is 4.37. The third kappa shape index (κ3) is 3.17. The number of carbonyl (C=O) groups excluding carboxylic acids is 1. The molecule has 0 aliphatic carbocycles. The van der Waals surface area contributed by atoms with Gasteiger partial charge in [0.05, 0.1) is 13.7 Å². The molecule has 0 atom stereocenters. The van der Waals surface area contributed by atoms with E-state index >= 15 is 0 Å². The van der Waals surface area contributed by atoms with Crippen LogP contribution in [0.2, 0.25) is 0 Å². The summed E-state index contributed by atoms with van der Waals surface area (Å²) in [4.78, 5) is 13.0. The Kier molecular flexibility index (Phi) is 4.75. The smallest absolute Gasteiger partial charge is 0.256 e. The highest BCUT2D eigenvalue weighted by atomic mass is 79.9. The van der Waals surface area contributed by atoms with Crippen LogP contribution in [-0.2, 0) is 4.79 Å². The summed E-state index contributed by atoms with van der Waals surface area (Å²) in [5.74, 6) is 0.384. The van der Waals surface area contributed by atoms with Gasteiger partial charge in [-0.1, -0.05) is 6.08 Å². The van der Waals surface area contributed by atoms with Crippen LogP contribution in [0.1, 0.15) is 18.4 Å². The zero-order valence-electron chi connectivity index (χ0n) is 10.9. The molecule has 0 spiro atoms. The predicted molar refractivity (Wildman–Crippen MR) is 75.6 cm³/mol. The summed E-state index contributed by atoms with van der Waals surface area (Å²) in [5, 5.41) is 0. The number of ether oxygens (including phenoxy) is 1. The van der Waals surface area contributed by atoms with Crippen LogP contribution >= 0.6 is 15.9 Å². The Labute approximate surface area is 124 Å². The Morgan fingerprint density at radius 3 is 2.80 bits per heavy atom. The maximum atomic E-state index is 12.6. The Bertz CT molecular complexity index is 546. The zero-order chi connectivity index (χ0) is 14.7. The van der Waals surface area contributed by atoms with Crippen LogP contribution < -0.4 is 4.74 Å². The number of hydrogen-bond donors (Lipinski definition) is 0. The first-order chi connectivity index (χ1) is 9.52. The van der Waals surface area contributed by atoms with Crippen LogP contribution in [0, 0.1) is 0 Å². The molecule has 6 heteroatoms. The van der Waals surface area contributed by atoms with Crippen molar-refractivity contribution >= 4 is 27.5 Å². The SMILES string of the molecule is COc1ccc(C2=CCCC(=O)N2CC(F)F)c(Br)c1. The van der Waals surface area contributed by atoms with Gasteiger partial charge in [0.1, 0.15) is 5.75 Å². The number of amides is 1. The normalized spacial score (nSPS) is 15.6. The third-order valence-corrected chi connectivity index (χ3v) is 3.72. The minimum absolute atomic E-state index is 0.268. The molecule has 1 heterocycles. The second kappa shape index (κ2) is 6.35. The zero-order valence-corrected chi connectivity index (χ0v) is 12.5. The molecule has 1 aliphatic rings. The number of hydrogen-bond acceptors (Lipinski definition) is 2. The number of halogens is 3. The number of rotatable bonds is 4. The molecule has 0 radical (unpaired) electrons. The van der Waals surface area contributed by atoms with Gasteiger partial charge in [-0.05, 0) is 40.5 Å². The number of carbonyl (C=O) groups is 1. The standard InChI is InChI=1S/C14H14BrF2NO2/c1-20-9-5-6-10(11(15)7-9)12-3-2-4-14(19)18(12)8-13(16)17/h3,5-7,13H,2,4,8H2,1H3. The van der Waals surface area contributed by atoms with E-state index in [4.69, 9.17) is 4.74 Å². The fourth-order valence-corrected chi connectivity index (χ4v) is 2.70. The van der Waals surface area contributed by atoms with Gasteiger partial charge < -0.3 is 9.64 Å². The number of alkyl halides is 2. The molecule has 1 aliphatic heterocycles. The lowest BCUT2D eigenvalue weighted by molar-refractivity contribution is -0.129. The number of allylic oxidation sites excluding steroid dienone is 1. The fraction of sp³-hybridized carbons (Fsp3) is 0.357. The average molecular weight is 346 g/mol. The summed E-state index contributed by atoms with van der Waals surface area (Å²) in [6.45, 7) is -0.580. The maximum Gasteiger partial charge on any atom is 0.256 e. The first-order valence-corrected chi connectivity index (χ1v) is 6.95. The topological polar surface area (TPSA) is 29.5 Å². The van der Waals surface area contributed by atoms with Crippen molar-refractivity contribution in [3.8, 4) is 5.75 Å². The maximum absolute atomic E-state index is 12.6. The number of benzene rings is 1. The van der Waals surface area contributed by atoms with Gasteiger partial charge in [0.25, 0.3) is 6.43 Å². The Morgan fingerprint density at radius 2 is 2.20 bits per heavy atom. The van der Waals surface area contributed by atoms with Gasteiger partial charge in [0, 0.05) is 22.2 Å². The molecular formula is C14H14BrF2NO2. The molecule has 0 N–H and O–H groups in total. The Balaban J connectivity index is 2.38. The van der Waals surface area contributed by atoms with Gasteiger partial charge in [-0.25, -0.2) is 8.78 Å². The molecule has 0 saturated carbocycles. The van der Waals surface area contributed by atoms with Gasteiger partial charge >= 0.3 is 0 Å². The molecule has 0 saturated heterocycles. The van der Waals surface area contributed by atoms with Gasteiger partial charge in [0.15, 0.2) is 0 Å². The van der Waals surface area contributed by atoms with Gasteiger partial charge in [-0.3, -0.25) is 4.79 Å². The molecule has 1 amide bonds. The Hall–Kier alpha value is -1.43. The van der Waals surface area contributed by atoms with Crippen LogP contribution in [0.25, 0.3) is 5.70 Å². The van der Waals surface area contributed by atoms with Crippen LogP contribution in [-0.4, -0.2) is 30.9 Å². The molecule has 0 bridgehead atoms. The highest BCUT2D eigenvalue weighted by Crippen LogP contribution is 2.33. The predicted octanol–water partition coefficient (Wildman–Crippen LogP) is 3.69. The van der Waals surface area contributed by atoms with E-state index in [0.717, 1.165) is 4.90 Å². The van der Waals surface area contributed by atoms with Crippen molar-refractivity contribution < 1.29 is 18.3 Å². The lowest BCUT2D eigenvalue weighted by Gasteiger charge is -2.29. The first kappa shape index (κ1) is 15.0. The van der Waals surface area contributed by atoms with Crippen LogP contribution in [0.15, 0.2) is 28.7 Å². The van der Waals surface area contributed by atoms with E-state index in [9.17, 15) is 13.6 Å². The van der Waals surface area contributed by atoms with Crippen molar-refractivity contribution in [2.24, 2.45) is 0 Å². The summed E-state index contributed by atoms with van der Waals surface area (Å²) < 4.78 is 31.1. The highest BCUT2D eigenvalue weighted by Gasteiger charge is 2.26. The molecule has 1 aromatic rings. The number of nitrogens with zero attached hydrogens (tertiary/aromatic N) is 1. The summed E-state index contributed by atoms with van der Waals surface area (Å²) in [7, 11) is 1.55. The van der Waals surface area contributed by atoms with E-state index in [0.29, 0.717) is 27.9 Å². The summed E-state index contributed by atoms with van der Waals surface area (Å²) in [6.07, 6.45) is 0.0877. The minimum atomic E-state index is -2.56. The van der Waals surface area contributed by atoms with E-state index in [1.54, 1.807) is 25.3 Å². The van der Waals surface area contributed by atoms with E-state index in [1.807, 2.05) is 6.08 Å². The number of methoxy groups -OCH3 is 1. The third-order valence-electron chi connectivity index (χ3n) is 3.06. The van der Waals surface area contributed by atoms with E-state index < -0.39 is 13.0 Å². The largest absolute Gasteiger partial charge is 0.497 e. The highest BCUT2D eigenvalue weighted by molar-refractivity contribution is 9.10. The van der Waals surface area contributed by atoms with Crippen molar-refractivity contribution in [1.82, 2.24) is 4.90 Å². The molecule has 2 rings (SSSR count). The summed E-state index contributed by atoms with van der Waals surface area (Å²) in [5.41, 5.74) is 1.23. The van der Waals surface area contributed by atoms with Crippen molar-refractivity contribution in [1.29, 1.82) is 0 Å². The Morgan fingerprint density at radius 1 is 1.45 bits per heavy atom. The van der Waals surface area contributed by atoms with Crippen LogP contribution in [0.5, 0.6) is 5.75 Å². The minimum Gasteiger partial charge on any atom is -0.497 e. The van der Waals surface area contributed by atoms with E-state index in [2.05, 4.69) is 15.9 Å². The van der Waals surface area contributed by atoms with E-state index in [1.165, 1.54) is 0 Å². The molecule has 0 unspecified atom stereocenters. The molecule has 108 valence electrons. The lowest BCUT2D eigenvalue weighted by atomic mass is 10.0. The fourth-order valence-electron chi connectivity index (χ4n) is 2.14. The molecular weight excluding hydrogens is 332 g/mol. The quantitative estimate of drug-likeness (QED) is 0.832. The first-order valence-electron chi connectivity index (χ1n) is 6.15. The summed E-state index contributed by atoms with van der Waals surface area (Å²) >= 11 is 3.39. The second-order valence-corrected chi connectivity index (χ2v) is 5.22. The molecule has 3 nitrogen and oxygen atoms in total. The molecule has 20 heavy (non-hydrogen) atoms.